The highest BCUT2D eigenvalue weighted by atomic mass is 19.4. The minimum absolute atomic E-state index is 0.187. The highest BCUT2D eigenvalue weighted by molar-refractivity contribution is 5.71. The van der Waals surface area contributed by atoms with Crippen LogP contribution in [0.25, 0.3) is 0 Å². The van der Waals surface area contributed by atoms with Gasteiger partial charge in [-0.25, -0.2) is 4.79 Å². The number of hydrogen-bond acceptors (Lipinski definition) is 2. The van der Waals surface area contributed by atoms with Crippen molar-refractivity contribution in [2.24, 2.45) is 5.92 Å². The highest BCUT2D eigenvalue weighted by Gasteiger charge is 2.82. The molecule has 0 aromatic carbocycles. The van der Waals surface area contributed by atoms with Gasteiger partial charge in [0.05, 0.1) is 12.6 Å². The normalized spacial score (nSPS) is 27.3. The Bertz CT molecular complexity index is 442. The van der Waals surface area contributed by atoms with Crippen LogP contribution in [-0.2, 0) is 4.74 Å². The molecule has 0 aromatic rings. The van der Waals surface area contributed by atoms with Gasteiger partial charge in [-0.2, -0.15) is 26.3 Å². The SMILES string of the molecule is CCCOC(=O)N1[C@@H]2C=C[C@@H](C2)C1(C(F)(F)F)C(F)(F)F. The summed E-state index contributed by atoms with van der Waals surface area (Å²) in [5.74, 6) is -1.84. The number of fused-ring (bicyclic) bond motifs is 2. The molecular weight excluding hydrogens is 304 g/mol. The quantitative estimate of drug-likeness (QED) is 0.575. The van der Waals surface area contributed by atoms with E-state index in [0.29, 0.717) is 6.42 Å². The fourth-order valence-corrected chi connectivity index (χ4v) is 3.01. The molecule has 0 radical (unpaired) electrons. The molecule has 0 aromatic heterocycles. The number of hydrogen-bond donors (Lipinski definition) is 0. The first-order chi connectivity index (χ1) is 9.57. The molecule has 21 heavy (non-hydrogen) atoms. The molecule has 0 saturated carbocycles. The van der Waals surface area contributed by atoms with E-state index in [1.54, 1.807) is 6.92 Å². The van der Waals surface area contributed by atoms with Crippen molar-refractivity contribution in [2.45, 2.75) is 43.7 Å². The number of ether oxygens (including phenoxy) is 1. The van der Waals surface area contributed by atoms with Crippen molar-refractivity contribution in [1.82, 2.24) is 4.90 Å². The lowest BCUT2D eigenvalue weighted by Crippen LogP contribution is -2.70. The Hall–Kier alpha value is -1.41. The number of alkyl halides is 6. The van der Waals surface area contributed by atoms with Crippen LogP contribution in [-0.4, -0.2) is 41.5 Å². The molecule has 1 heterocycles. The van der Waals surface area contributed by atoms with Gasteiger partial charge in [0, 0.05) is 5.92 Å². The molecule has 1 amide bonds. The van der Waals surface area contributed by atoms with E-state index in [2.05, 4.69) is 4.74 Å². The predicted octanol–water partition coefficient (Wildman–Crippen LogP) is 3.66. The molecule has 1 aliphatic heterocycles. The van der Waals surface area contributed by atoms with Gasteiger partial charge in [-0.05, 0) is 12.8 Å². The van der Waals surface area contributed by atoms with E-state index in [1.165, 1.54) is 6.08 Å². The standard InChI is InChI=1S/C12H13F6NO2/c1-2-5-21-9(20)19-8-4-3-7(6-8)10(19,11(13,14)15)12(16,17)18/h3-4,7-8H,2,5-6H2,1H3/t7-,8+/m0/s1. The lowest BCUT2D eigenvalue weighted by atomic mass is 9.83. The number of likely N-dealkylation sites (tertiary alicyclic amines) is 1. The van der Waals surface area contributed by atoms with E-state index in [4.69, 9.17) is 0 Å². The summed E-state index contributed by atoms with van der Waals surface area (Å²) in [4.78, 5) is 11.6. The first kappa shape index (κ1) is 16.0. The predicted molar refractivity (Wildman–Crippen MR) is 59.4 cm³/mol. The van der Waals surface area contributed by atoms with Crippen LogP contribution in [0.1, 0.15) is 19.8 Å². The lowest BCUT2D eigenvalue weighted by molar-refractivity contribution is -0.337. The van der Waals surface area contributed by atoms with E-state index in [0.717, 1.165) is 6.08 Å². The Morgan fingerprint density at radius 3 is 2.29 bits per heavy atom. The Morgan fingerprint density at radius 2 is 1.81 bits per heavy atom. The van der Waals surface area contributed by atoms with Gasteiger partial charge >= 0.3 is 18.4 Å². The average Bonchev–Trinajstić information content (AvgIpc) is 2.91. The van der Waals surface area contributed by atoms with Crippen LogP contribution in [0.5, 0.6) is 0 Å². The maximum atomic E-state index is 13.3. The summed E-state index contributed by atoms with van der Waals surface area (Å²) in [5.41, 5.74) is -4.20. The van der Waals surface area contributed by atoms with Crippen molar-refractivity contribution in [2.75, 3.05) is 6.61 Å². The second-order valence-corrected chi connectivity index (χ2v) is 5.04. The van der Waals surface area contributed by atoms with Crippen molar-refractivity contribution in [3.63, 3.8) is 0 Å². The molecule has 1 fully saturated rings. The largest absolute Gasteiger partial charge is 0.449 e. The zero-order valence-electron chi connectivity index (χ0n) is 11.0. The molecule has 0 N–H and O–H groups in total. The monoisotopic (exact) mass is 317 g/mol. The summed E-state index contributed by atoms with van der Waals surface area (Å²) in [5, 5.41) is 0. The second-order valence-electron chi connectivity index (χ2n) is 5.04. The van der Waals surface area contributed by atoms with E-state index in [1.807, 2.05) is 0 Å². The average molecular weight is 317 g/mol. The van der Waals surface area contributed by atoms with Gasteiger partial charge in [-0.15, -0.1) is 0 Å². The van der Waals surface area contributed by atoms with E-state index < -0.39 is 42.4 Å². The first-order valence-corrected chi connectivity index (χ1v) is 6.35. The van der Waals surface area contributed by atoms with Crippen LogP contribution in [0.2, 0.25) is 0 Å². The zero-order chi connectivity index (χ0) is 16.1. The maximum Gasteiger partial charge on any atom is 0.421 e. The molecule has 1 saturated heterocycles. The lowest BCUT2D eigenvalue weighted by Gasteiger charge is -2.45. The minimum atomic E-state index is -5.64. The van der Waals surface area contributed by atoms with Gasteiger partial charge in [0.15, 0.2) is 0 Å². The van der Waals surface area contributed by atoms with Crippen LogP contribution >= 0.6 is 0 Å². The third-order valence-electron chi connectivity index (χ3n) is 3.80. The second kappa shape index (κ2) is 4.81. The van der Waals surface area contributed by atoms with Gasteiger partial charge in [-0.3, -0.25) is 4.90 Å². The Labute approximate surface area is 116 Å². The molecule has 120 valence electrons. The molecular formula is C12H13F6NO2. The number of amides is 1. The van der Waals surface area contributed by atoms with Gasteiger partial charge in [-0.1, -0.05) is 19.1 Å². The first-order valence-electron chi connectivity index (χ1n) is 6.35. The number of rotatable bonds is 2. The van der Waals surface area contributed by atoms with Crippen molar-refractivity contribution in [3.05, 3.63) is 12.2 Å². The third-order valence-corrected chi connectivity index (χ3v) is 3.80. The molecule has 2 rings (SSSR count). The molecule has 2 bridgehead atoms. The Balaban J connectivity index is 2.50. The van der Waals surface area contributed by atoms with Crippen LogP contribution in [0.3, 0.4) is 0 Å². The fourth-order valence-electron chi connectivity index (χ4n) is 3.01. The van der Waals surface area contributed by atoms with Crippen molar-refractivity contribution < 1.29 is 35.9 Å². The van der Waals surface area contributed by atoms with Gasteiger partial charge in [0.2, 0.25) is 5.54 Å². The topological polar surface area (TPSA) is 29.5 Å². The van der Waals surface area contributed by atoms with Gasteiger partial charge in [0.1, 0.15) is 0 Å². The zero-order valence-corrected chi connectivity index (χ0v) is 11.0. The molecule has 0 spiro atoms. The number of carbonyl (C=O) groups is 1. The van der Waals surface area contributed by atoms with Crippen molar-refractivity contribution in [1.29, 1.82) is 0 Å². The molecule has 1 aliphatic carbocycles. The maximum absolute atomic E-state index is 13.3. The molecule has 3 nitrogen and oxygen atoms in total. The summed E-state index contributed by atoms with van der Waals surface area (Å²) in [6, 6.07) is -1.25. The number of carbonyl (C=O) groups excluding carboxylic acids is 1. The highest BCUT2D eigenvalue weighted by Crippen LogP contribution is 2.60. The molecule has 0 unspecified atom stereocenters. The fraction of sp³-hybridized carbons (Fsp3) is 0.750. The van der Waals surface area contributed by atoms with Crippen LogP contribution < -0.4 is 0 Å². The van der Waals surface area contributed by atoms with Crippen LogP contribution in [0.15, 0.2) is 12.2 Å². The summed E-state index contributed by atoms with van der Waals surface area (Å²) >= 11 is 0. The van der Waals surface area contributed by atoms with Crippen molar-refractivity contribution >= 4 is 6.09 Å². The summed E-state index contributed by atoms with van der Waals surface area (Å²) in [6.45, 7) is 1.35. The van der Waals surface area contributed by atoms with Crippen LogP contribution in [0, 0.1) is 5.92 Å². The molecule has 2 aliphatic rings. The van der Waals surface area contributed by atoms with Gasteiger partial charge < -0.3 is 4.74 Å². The summed E-state index contributed by atoms with van der Waals surface area (Å²) < 4.78 is 84.3. The molecule has 9 heteroatoms. The van der Waals surface area contributed by atoms with Crippen LogP contribution in [0.4, 0.5) is 31.1 Å². The summed E-state index contributed by atoms with van der Waals surface area (Å²) in [6.07, 6.45) is -10.9. The van der Waals surface area contributed by atoms with Crippen molar-refractivity contribution in [3.8, 4) is 0 Å². The number of nitrogens with zero attached hydrogens (tertiary/aromatic N) is 1. The van der Waals surface area contributed by atoms with E-state index >= 15 is 0 Å². The molecule has 2 atom stereocenters. The van der Waals surface area contributed by atoms with Gasteiger partial charge in [0.25, 0.3) is 0 Å². The van der Waals surface area contributed by atoms with E-state index in [9.17, 15) is 31.1 Å². The minimum Gasteiger partial charge on any atom is -0.449 e. The third kappa shape index (κ3) is 2.08. The van der Waals surface area contributed by atoms with E-state index in [-0.39, 0.29) is 11.5 Å². The smallest absolute Gasteiger partial charge is 0.421 e. The summed E-state index contributed by atoms with van der Waals surface area (Å²) in [7, 11) is 0. The Kier molecular flexibility index (Phi) is 3.66. The Morgan fingerprint density at radius 1 is 1.24 bits per heavy atom. The number of halogens is 6.